The van der Waals surface area contributed by atoms with E-state index in [9.17, 15) is 0 Å². The minimum atomic E-state index is -5.17. The van der Waals surface area contributed by atoms with E-state index in [0.717, 1.165) is 0 Å². The quantitative estimate of drug-likeness (QED) is 0.325. The fraction of sp³-hybridized carbons (Fsp3) is 0. The largest absolute Gasteiger partial charge is 5.00 e. The Bertz CT molecular complexity index is 95.6. The summed E-state index contributed by atoms with van der Waals surface area (Å²) in [5.74, 6) is 0. The predicted octanol–water partition coefficient (Wildman–Crippen LogP) is -1.35. The Kier molecular flexibility index (Phi) is 10.2. The zero-order chi connectivity index (χ0) is 4.50. The van der Waals surface area contributed by atoms with Crippen molar-refractivity contribution in [2.24, 2.45) is 0 Å². The average Bonchev–Trinajstić information content (AvgIpc) is 0.722. The zero-order valence-electron chi connectivity index (χ0n) is 3.90. The van der Waals surface area contributed by atoms with E-state index in [1.165, 1.54) is 0 Å². The molecule has 0 aliphatic rings. The summed E-state index contributed by atoms with van der Waals surface area (Å²) >= 11 is 0. The van der Waals surface area contributed by atoms with Crippen LogP contribution in [0.4, 0.5) is 0 Å². The van der Waals surface area contributed by atoms with Crippen molar-refractivity contribution in [2.75, 3.05) is 0 Å². The third kappa shape index (κ3) is 728. The van der Waals surface area contributed by atoms with E-state index in [0.29, 0.717) is 0 Å². The summed E-state index contributed by atoms with van der Waals surface area (Å²) in [7, 11) is -5.17. The minimum Gasteiger partial charge on any atom is -2.00 e. The number of rotatable bonds is 0. The van der Waals surface area contributed by atoms with Crippen molar-refractivity contribution in [3.05, 3.63) is 0 Å². The fourth-order valence-electron chi connectivity index (χ4n) is 0. The van der Waals surface area contributed by atoms with E-state index < -0.39 is 10.4 Å². The van der Waals surface area contributed by atoms with Crippen LogP contribution in [0.15, 0.2) is 0 Å². The molecule has 0 amide bonds. The van der Waals surface area contributed by atoms with Gasteiger partial charge in [0.15, 0.2) is 0 Å². The Morgan fingerprint density at radius 1 is 1.29 bits per heavy atom. The van der Waals surface area contributed by atoms with Crippen LogP contribution in [0.2, 0.25) is 0 Å². The molecule has 0 saturated heterocycles. The van der Waals surface area contributed by atoms with Gasteiger partial charge in [0.2, 0.25) is 0 Å². The van der Waals surface area contributed by atoms with Gasteiger partial charge < -0.3 is 16.0 Å². The van der Waals surface area contributed by atoms with Gasteiger partial charge in [-0.2, -0.15) is 0 Å². The molecular weight excluding hydrogens is 163 g/mol. The molecular formula is HO5SV. The zero-order valence-corrected chi connectivity index (χ0v) is 5.11. The normalized spacial score (nSPS) is 8.29. The summed E-state index contributed by atoms with van der Waals surface area (Å²) < 4.78 is 34.1. The molecule has 0 rings (SSSR count). The Morgan fingerprint density at radius 3 is 1.29 bits per heavy atom. The number of hydrogen-bond donors (Lipinski definition) is 0. The van der Waals surface area contributed by atoms with E-state index in [1.54, 1.807) is 0 Å². The second kappa shape index (κ2) is 4.57. The van der Waals surface area contributed by atoms with E-state index in [1.807, 2.05) is 0 Å². The summed E-state index contributed by atoms with van der Waals surface area (Å²) in [5, 5.41) is 0. The first kappa shape index (κ1) is 15.7. The topological polar surface area (TPSA) is 109 Å². The van der Waals surface area contributed by atoms with Gasteiger partial charge in [0.1, 0.15) is 0 Å². The van der Waals surface area contributed by atoms with Crippen LogP contribution >= 0.6 is 0 Å². The molecule has 0 unspecified atom stereocenters. The molecule has 0 atom stereocenters. The van der Waals surface area contributed by atoms with Crippen LogP contribution in [-0.4, -0.2) is 17.5 Å². The van der Waals surface area contributed by atoms with Crippen molar-refractivity contribution in [2.45, 2.75) is 0 Å². The van der Waals surface area contributed by atoms with Gasteiger partial charge in [-0.15, -0.1) is 0 Å². The van der Waals surface area contributed by atoms with Gasteiger partial charge in [-0.25, -0.2) is 0 Å². The molecule has 0 saturated carbocycles. The van der Waals surface area contributed by atoms with E-state index in [-0.39, 0.29) is 25.5 Å². The monoisotopic (exact) mass is 164 g/mol. The smallest absolute Gasteiger partial charge is 2.00 e. The first-order valence-corrected chi connectivity index (χ1v) is 2.00. The van der Waals surface area contributed by atoms with Gasteiger partial charge in [0.25, 0.3) is 0 Å². The predicted molar refractivity (Wildman–Crippen MR) is 12.3 cm³/mol. The number of hydrogen-bond acceptors (Lipinski definition) is 4. The van der Waals surface area contributed by atoms with Crippen LogP contribution in [0.25, 0.3) is 0 Å². The van der Waals surface area contributed by atoms with Crippen molar-refractivity contribution in [1.82, 2.24) is 0 Å². The maximum absolute atomic E-state index is 8.52. The van der Waals surface area contributed by atoms with Crippen molar-refractivity contribution in [3.8, 4) is 0 Å². The standard InChI is InChI=1S/H2O4S.O.V.H/c1-5(2,3)4;;;/h(H2,1,2,3,4);;;/q;-2;+5;-1/p-2. The summed E-state index contributed by atoms with van der Waals surface area (Å²) in [4.78, 5) is 0. The van der Waals surface area contributed by atoms with Crippen molar-refractivity contribution >= 4 is 10.4 Å². The van der Waals surface area contributed by atoms with Crippen molar-refractivity contribution < 1.29 is 43.0 Å². The van der Waals surface area contributed by atoms with Crippen LogP contribution in [0.5, 0.6) is 0 Å². The fourth-order valence-corrected chi connectivity index (χ4v) is 0. The SMILES string of the molecule is O=S(=O)([O-])[O-].[H-].[O-2].[V+5]. The van der Waals surface area contributed by atoms with E-state index in [2.05, 4.69) is 0 Å². The molecule has 0 N–H and O–H groups in total. The molecule has 5 nitrogen and oxygen atoms in total. The molecule has 0 aliphatic heterocycles. The molecule has 0 aromatic rings. The summed E-state index contributed by atoms with van der Waals surface area (Å²) in [6.07, 6.45) is 0. The molecule has 0 aromatic heterocycles. The Labute approximate surface area is 54.0 Å². The molecule has 7 heavy (non-hydrogen) atoms. The van der Waals surface area contributed by atoms with Crippen LogP contribution in [0.3, 0.4) is 0 Å². The van der Waals surface area contributed by atoms with Gasteiger partial charge >= 0.3 is 18.6 Å². The molecule has 0 fully saturated rings. The molecule has 0 aromatic carbocycles. The first-order chi connectivity index (χ1) is 2.00. The summed E-state index contributed by atoms with van der Waals surface area (Å²) in [5.41, 5.74) is 0. The molecule has 7 heteroatoms. The second-order valence-corrected chi connectivity index (χ2v) is 1.22. The molecule has 0 spiro atoms. The third-order valence-electron chi connectivity index (χ3n) is 0. The van der Waals surface area contributed by atoms with Crippen LogP contribution in [-0.2, 0) is 34.4 Å². The van der Waals surface area contributed by atoms with Gasteiger partial charge in [-0.3, -0.25) is 8.42 Å². The average molecular weight is 164 g/mol. The van der Waals surface area contributed by atoms with Gasteiger partial charge in [-0.1, -0.05) is 0 Å². The molecule has 0 aliphatic carbocycles. The van der Waals surface area contributed by atoms with E-state index in [4.69, 9.17) is 17.5 Å². The maximum atomic E-state index is 8.52. The minimum absolute atomic E-state index is 0. The molecule has 0 bridgehead atoms. The van der Waals surface area contributed by atoms with Crippen LogP contribution < -0.4 is 0 Å². The second-order valence-electron chi connectivity index (χ2n) is 0.408. The summed E-state index contributed by atoms with van der Waals surface area (Å²) in [6, 6.07) is 0. The summed E-state index contributed by atoms with van der Waals surface area (Å²) in [6.45, 7) is 0. The van der Waals surface area contributed by atoms with E-state index >= 15 is 0 Å². The van der Waals surface area contributed by atoms with Gasteiger partial charge in [-0.05, 0) is 0 Å². The Balaban J connectivity index is -0.0000000267. The maximum Gasteiger partial charge on any atom is 5.00 e. The Hall–Kier alpha value is 0.414. The molecule has 42 valence electrons. The van der Waals surface area contributed by atoms with Gasteiger partial charge in [0.05, 0.1) is 0 Å². The Morgan fingerprint density at radius 2 is 1.29 bits per heavy atom. The molecule has 0 radical (unpaired) electrons. The van der Waals surface area contributed by atoms with Crippen LogP contribution in [0.1, 0.15) is 1.43 Å². The van der Waals surface area contributed by atoms with Crippen LogP contribution in [0, 0.1) is 0 Å². The van der Waals surface area contributed by atoms with Crippen molar-refractivity contribution in [3.63, 3.8) is 0 Å². The third-order valence-corrected chi connectivity index (χ3v) is 0. The molecule has 0 heterocycles. The van der Waals surface area contributed by atoms with Crippen molar-refractivity contribution in [1.29, 1.82) is 0 Å². The first-order valence-electron chi connectivity index (χ1n) is 0.667. The van der Waals surface area contributed by atoms with Gasteiger partial charge in [0, 0.05) is 10.4 Å².